The monoisotopic (exact) mass is 420 g/mol. The van der Waals surface area contributed by atoms with Crippen LogP contribution in [0.4, 0.5) is 0 Å². The molecular formula is C25H32N4O2. The van der Waals surface area contributed by atoms with Crippen molar-refractivity contribution in [2.24, 2.45) is 0 Å². The summed E-state index contributed by atoms with van der Waals surface area (Å²) < 4.78 is 7.37. The zero-order valence-corrected chi connectivity index (χ0v) is 18.9. The van der Waals surface area contributed by atoms with Gasteiger partial charge in [0.25, 0.3) is 0 Å². The summed E-state index contributed by atoms with van der Waals surface area (Å²) in [5.41, 5.74) is 3.06. The fraction of sp³-hybridized carbons (Fsp3) is 0.440. The molecule has 2 aromatic carbocycles. The van der Waals surface area contributed by atoms with Crippen molar-refractivity contribution in [1.82, 2.24) is 19.4 Å². The molecule has 0 radical (unpaired) electrons. The molecule has 0 saturated carbocycles. The van der Waals surface area contributed by atoms with Crippen LogP contribution in [-0.2, 0) is 11.3 Å². The van der Waals surface area contributed by atoms with E-state index in [1.54, 1.807) is 7.11 Å². The molecule has 1 aliphatic heterocycles. The lowest BCUT2D eigenvalue weighted by molar-refractivity contribution is -0.138. The first-order valence-corrected chi connectivity index (χ1v) is 11.0. The van der Waals surface area contributed by atoms with Crippen LogP contribution < -0.4 is 4.74 Å². The topological polar surface area (TPSA) is 50.6 Å². The maximum atomic E-state index is 13.9. The number of amides is 1. The molecule has 1 amide bonds. The summed E-state index contributed by atoms with van der Waals surface area (Å²) in [7, 11) is 3.82. The second kappa shape index (κ2) is 9.10. The second-order valence-electron chi connectivity index (χ2n) is 8.54. The highest BCUT2D eigenvalue weighted by Crippen LogP contribution is 2.26. The summed E-state index contributed by atoms with van der Waals surface area (Å²) in [6.07, 6.45) is 1.99. The van der Waals surface area contributed by atoms with Gasteiger partial charge in [0.1, 0.15) is 17.6 Å². The summed E-state index contributed by atoms with van der Waals surface area (Å²) in [5.74, 6) is 1.85. The molecule has 2 heterocycles. The van der Waals surface area contributed by atoms with Gasteiger partial charge in [0, 0.05) is 12.6 Å². The van der Waals surface area contributed by atoms with Gasteiger partial charge in [0.15, 0.2) is 0 Å². The van der Waals surface area contributed by atoms with E-state index in [-0.39, 0.29) is 18.0 Å². The number of benzene rings is 2. The average Bonchev–Trinajstić information content (AvgIpc) is 3.13. The first-order valence-electron chi connectivity index (χ1n) is 11.0. The number of likely N-dealkylation sites (tertiary alicyclic amines) is 1. The Hall–Kier alpha value is -2.86. The number of nitrogens with zero attached hydrogens (tertiary/aromatic N) is 4. The van der Waals surface area contributed by atoms with Crippen LogP contribution in [0.15, 0.2) is 48.5 Å². The molecule has 1 saturated heterocycles. The molecule has 0 unspecified atom stereocenters. The van der Waals surface area contributed by atoms with Crippen molar-refractivity contribution in [3.05, 3.63) is 59.9 Å². The average molecular weight is 421 g/mol. The zero-order chi connectivity index (χ0) is 22.0. The summed E-state index contributed by atoms with van der Waals surface area (Å²) in [6, 6.07) is 16.0. The number of carbonyl (C=O) groups excluding carboxylic acids is 1. The van der Waals surface area contributed by atoms with Crippen molar-refractivity contribution in [2.75, 3.05) is 27.2 Å². The lowest BCUT2D eigenvalue weighted by Crippen LogP contribution is -2.48. The summed E-state index contributed by atoms with van der Waals surface area (Å²) in [6.45, 7) is 6.61. The first-order chi connectivity index (χ1) is 15.0. The Balaban J connectivity index is 1.64. The Bertz CT molecular complexity index is 1040. The van der Waals surface area contributed by atoms with Gasteiger partial charge in [0.05, 0.1) is 18.1 Å². The molecule has 3 aromatic rings. The molecular weight excluding hydrogens is 388 g/mol. The van der Waals surface area contributed by atoms with Crippen LogP contribution >= 0.6 is 0 Å². The van der Waals surface area contributed by atoms with Crippen LogP contribution in [0.2, 0.25) is 0 Å². The van der Waals surface area contributed by atoms with Gasteiger partial charge in [-0.25, -0.2) is 4.98 Å². The van der Waals surface area contributed by atoms with Crippen LogP contribution in [0.3, 0.4) is 0 Å². The standard InChI is InChI=1S/C25H32N4O2/c1-18(29-19(2)26-23-7-5-6-8-24(23)29)25(30)28(21-13-15-27(3)16-14-21)17-20-9-11-22(31-4)12-10-20/h5-12,18,21H,13-17H2,1-4H3/t18-/m1/s1. The van der Waals surface area contributed by atoms with Gasteiger partial charge in [-0.1, -0.05) is 24.3 Å². The van der Waals surface area contributed by atoms with Crippen molar-refractivity contribution in [2.45, 2.75) is 45.3 Å². The molecule has 31 heavy (non-hydrogen) atoms. The zero-order valence-electron chi connectivity index (χ0n) is 18.9. The van der Waals surface area contributed by atoms with E-state index < -0.39 is 0 Å². The van der Waals surface area contributed by atoms with E-state index >= 15 is 0 Å². The van der Waals surface area contributed by atoms with E-state index in [0.717, 1.165) is 54.1 Å². The third-order valence-corrected chi connectivity index (χ3v) is 6.44. The number of ether oxygens (including phenoxy) is 1. The number of imidazole rings is 1. The number of piperidine rings is 1. The molecule has 0 aliphatic carbocycles. The van der Waals surface area contributed by atoms with Gasteiger partial charge in [-0.05, 0) is 76.7 Å². The van der Waals surface area contributed by atoms with Crippen molar-refractivity contribution in [3.63, 3.8) is 0 Å². The van der Waals surface area contributed by atoms with Crippen molar-refractivity contribution in [3.8, 4) is 5.75 Å². The smallest absolute Gasteiger partial charge is 0.245 e. The normalized spacial score (nSPS) is 16.4. The fourth-order valence-corrected chi connectivity index (χ4v) is 4.63. The number of para-hydroxylation sites is 2. The minimum Gasteiger partial charge on any atom is -0.497 e. The molecule has 164 valence electrons. The van der Waals surface area contributed by atoms with Crippen LogP contribution in [-0.4, -0.2) is 58.5 Å². The maximum absolute atomic E-state index is 13.9. The largest absolute Gasteiger partial charge is 0.497 e. The van der Waals surface area contributed by atoms with Crippen molar-refractivity contribution >= 4 is 16.9 Å². The third-order valence-electron chi connectivity index (χ3n) is 6.44. The number of fused-ring (bicyclic) bond motifs is 1. The van der Waals surface area contributed by atoms with Gasteiger partial charge in [-0.2, -0.15) is 0 Å². The number of aryl methyl sites for hydroxylation is 1. The van der Waals surface area contributed by atoms with Gasteiger partial charge in [0.2, 0.25) is 5.91 Å². The number of carbonyl (C=O) groups is 1. The minimum atomic E-state index is -0.315. The Kier molecular flexibility index (Phi) is 6.28. The van der Waals surface area contributed by atoms with E-state index in [2.05, 4.69) is 38.5 Å². The highest BCUT2D eigenvalue weighted by Gasteiger charge is 2.31. The summed E-state index contributed by atoms with van der Waals surface area (Å²) in [4.78, 5) is 23.0. The maximum Gasteiger partial charge on any atom is 0.245 e. The molecule has 0 bridgehead atoms. The van der Waals surface area contributed by atoms with Gasteiger partial charge >= 0.3 is 0 Å². The molecule has 1 aromatic heterocycles. The van der Waals surface area contributed by atoms with Crippen molar-refractivity contribution < 1.29 is 9.53 Å². The number of aromatic nitrogens is 2. The molecule has 1 fully saturated rings. The molecule has 6 heteroatoms. The molecule has 0 spiro atoms. The van der Waals surface area contributed by atoms with E-state index in [1.807, 2.05) is 50.2 Å². The fourth-order valence-electron chi connectivity index (χ4n) is 4.63. The quantitative estimate of drug-likeness (QED) is 0.604. The molecule has 1 atom stereocenters. The van der Waals surface area contributed by atoms with E-state index in [4.69, 9.17) is 4.74 Å². The van der Waals surface area contributed by atoms with E-state index in [1.165, 1.54) is 0 Å². The van der Waals surface area contributed by atoms with Crippen LogP contribution in [0, 0.1) is 6.92 Å². The highest BCUT2D eigenvalue weighted by atomic mass is 16.5. The number of hydrogen-bond donors (Lipinski definition) is 0. The second-order valence-corrected chi connectivity index (χ2v) is 8.54. The molecule has 1 aliphatic rings. The third kappa shape index (κ3) is 4.44. The minimum absolute atomic E-state index is 0.150. The van der Waals surface area contributed by atoms with Crippen molar-refractivity contribution in [1.29, 1.82) is 0 Å². The summed E-state index contributed by atoms with van der Waals surface area (Å²) in [5, 5.41) is 0. The highest BCUT2D eigenvalue weighted by molar-refractivity contribution is 5.84. The predicted molar refractivity (Wildman–Crippen MR) is 123 cm³/mol. The number of hydrogen-bond acceptors (Lipinski definition) is 4. The molecule has 6 nitrogen and oxygen atoms in total. The van der Waals surface area contributed by atoms with Gasteiger partial charge in [-0.3, -0.25) is 4.79 Å². The Morgan fingerprint density at radius 1 is 1.16 bits per heavy atom. The number of methoxy groups -OCH3 is 1. The van der Waals surface area contributed by atoms with Crippen LogP contribution in [0.5, 0.6) is 5.75 Å². The lowest BCUT2D eigenvalue weighted by atomic mass is 10.0. The summed E-state index contributed by atoms with van der Waals surface area (Å²) >= 11 is 0. The lowest BCUT2D eigenvalue weighted by Gasteiger charge is -2.39. The molecule has 0 N–H and O–H groups in total. The Labute approximate surface area is 184 Å². The molecule has 4 rings (SSSR count). The van der Waals surface area contributed by atoms with Gasteiger partial charge in [-0.15, -0.1) is 0 Å². The Morgan fingerprint density at radius 2 is 1.84 bits per heavy atom. The van der Waals surface area contributed by atoms with Crippen LogP contribution in [0.25, 0.3) is 11.0 Å². The Morgan fingerprint density at radius 3 is 2.52 bits per heavy atom. The van der Waals surface area contributed by atoms with Crippen LogP contribution in [0.1, 0.15) is 37.2 Å². The van der Waals surface area contributed by atoms with E-state index in [9.17, 15) is 4.79 Å². The van der Waals surface area contributed by atoms with E-state index in [0.29, 0.717) is 6.54 Å². The predicted octanol–water partition coefficient (Wildman–Crippen LogP) is 4.04. The van der Waals surface area contributed by atoms with Gasteiger partial charge < -0.3 is 19.1 Å². The first kappa shape index (κ1) is 21.4. The number of rotatable bonds is 6. The SMILES string of the molecule is COc1ccc(CN(C(=O)[C@@H](C)n2c(C)nc3ccccc32)C2CCN(C)CC2)cc1.